The number of hydrogen-bond donors (Lipinski definition) is 1. The van der Waals surface area contributed by atoms with Crippen molar-refractivity contribution in [3.8, 4) is 0 Å². The van der Waals surface area contributed by atoms with E-state index in [0.29, 0.717) is 6.54 Å². The predicted molar refractivity (Wildman–Crippen MR) is 75.5 cm³/mol. The summed E-state index contributed by atoms with van der Waals surface area (Å²) in [5, 5.41) is 1.11. The largest absolute Gasteiger partial charge is 0.317 e. The van der Waals surface area contributed by atoms with Crippen LogP contribution in [0.3, 0.4) is 0 Å². The van der Waals surface area contributed by atoms with Gasteiger partial charge in [-0.3, -0.25) is 9.78 Å². The summed E-state index contributed by atoms with van der Waals surface area (Å²) in [5.41, 5.74) is 4.81. The van der Waals surface area contributed by atoms with Gasteiger partial charge in [-0.05, 0) is 18.2 Å². The van der Waals surface area contributed by atoms with Gasteiger partial charge in [0.25, 0.3) is 5.56 Å². The van der Waals surface area contributed by atoms with Gasteiger partial charge >= 0.3 is 0 Å². The van der Waals surface area contributed by atoms with E-state index in [1.807, 2.05) is 42.5 Å². The van der Waals surface area contributed by atoms with Gasteiger partial charge in [0.05, 0.1) is 17.8 Å². The number of hydrogen-bond acceptors (Lipinski definition) is 3. The van der Waals surface area contributed by atoms with Crippen LogP contribution >= 0.6 is 0 Å². The molecule has 0 aliphatic carbocycles. The van der Waals surface area contributed by atoms with Crippen molar-refractivity contribution in [2.75, 3.05) is 5.43 Å². The molecule has 0 bridgehead atoms. The summed E-state index contributed by atoms with van der Waals surface area (Å²) in [7, 11) is 0. The van der Waals surface area contributed by atoms with Crippen molar-refractivity contribution in [1.82, 2.24) is 9.66 Å². The Morgan fingerprint density at radius 2 is 1.84 bits per heavy atom. The fourth-order valence-corrected chi connectivity index (χ4v) is 1.93. The maximum absolute atomic E-state index is 11.5. The summed E-state index contributed by atoms with van der Waals surface area (Å²) in [5.74, 6) is 0. The Morgan fingerprint density at radius 1 is 1.00 bits per heavy atom. The Morgan fingerprint density at radius 3 is 2.74 bits per heavy atom. The molecule has 0 aliphatic heterocycles. The third kappa shape index (κ3) is 2.47. The fraction of sp³-hybridized carbons (Fsp3) is 0.0667. The lowest BCUT2D eigenvalue weighted by atomic mass is 10.2. The second kappa shape index (κ2) is 4.94. The first-order chi connectivity index (χ1) is 9.33. The third-order valence-electron chi connectivity index (χ3n) is 2.91. The van der Waals surface area contributed by atoms with Crippen LogP contribution in [-0.4, -0.2) is 9.66 Å². The fourth-order valence-electron chi connectivity index (χ4n) is 1.93. The van der Waals surface area contributed by atoms with Crippen molar-refractivity contribution < 1.29 is 0 Å². The molecule has 19 heavy (non-hydrogen) atoms. The molecule has 0 radical (unpaired) electrons. The van der Waals surface area contributed by atoms with Crippen molar-refractivity contribution in [1.29, 1.82) is 0 Å². The lowest BCUT2D eigenvalue weighted by Crippen LogP contribution is -2.27. The number of benzene rings is 1. The molecule has 2 aromatic heterocycles. The number of fused-ring (bicyclic) bond motifs is 1. The highest BCUT2D eigenvalue weighted by molar-refractivity contribution is 5.78. The van der Waals surface area contributed by atoms with Crippen LogP contribution in [0.2, 0.25) is 0 Å². The van der Waals surface area contributed by atoms with Gasteiger partial charge in [0.15, 0.2) is 0 Å². The van der Waals surface area contributed by atoms with Crippen LogP contribution in [0.1, 0.15) is 5.69 Å². The van der Waals surface area contributed by atoms with Crippen LogP contribution < -0.4 is 11.0 Å². The molecule has 1 N–H and O–H groups in total. The molecule has 4 heteroatoms. The number of rotatable bonds is 3. The van der Waals surface area contributed by atoms with Gasteiger partial charge in [0.2, 0.25) is 0 Å². The summed E-state index contributed by atoms with van der Waals surface area (Å²) in [6.45, 7) is 0.509. The number of nitrogens with one attached hydrogen (secondary N) is 1. The number of pyridine rings is 2. The predicted octanol–water partition coefficient (Wildman–Crippen LogP) is 2.14. The molecule has 0 spiro atoms. The molecule has 0 fully saturated rings. The summed E-state index contributed by atoms with van der Waals surface area (Å²) < 4.78 is 1.46. The zero-order valence-corrected chi connectivity index (χ0v) is 10.3. The Balaban J connectivity index is 1.82. The van der Waals surface area contributed by atoms with Gasteiger partial charge in [-0.15, -0.1) is 0 Å². The minimum absolute atomic E-state index is 0.0803. The molecule has 0 aliphatic rings. The molecule has 0 unspecified atom stereocenters. The van der Waals surface area contributed by atoms with E-state index in [4.69, 9.17) is 0 Å². The second-order valence-corrected chi connectivity index (χ2v) is 4.24. The molecule has 0 atom stereocenters. The van der Waals surface area contributed by atoms with Crippen LogP contribution in [0.15, 0.2) is 65.6 Å². The number of aromatic nitrogens is 2. The third-order valence-corrected chi connectivity index (χ3v) is 2.91. The summed E-state index contributed by atoms with van der Waals surface area (Å²) in [4.78, 5) is 16.1. The van der Waals surface area contributed by atoms with E-state index < -0.39 is 0 Å². The smallest absolute Gasteiger partial charge is 0.268 e. The van der Waals surface area contributed by atoms with Crippen molar-refractivity contribution in [2.45, 2.75) is 6.54 Å². The molecule has 94 valence electrons. The number of nitrogens with zero attached hydrogens (tertiary/aromatic N) is 2. The van der Waals surface area contributed by atoms with Gasteiger partial charge in [-0.1, -0.05) is 30.3 Å². The molecule has 0 amide bonds. The van der Waals surface area contributed by atoms with Crippen molar-refractivity contribution in [3.05, 3.63) is 76.8 Å². The first-order valence-corrected chi connectivity index (χ1v) is 6.09. The van der Waals surface area contributed by atoms with E-state index in [1.54, 1.807) is 12.3 Å². The Kier molecular flexibility index (Phi) is 2.98. The van der Waals surface area contributed by atoms with Crippen LogP contribution in [0.25, 0.3) is 10.9 Å². The topological polar surface area (TPSA) is 46.9 Å². The summed E-state index contributed by atoms with van der Waals surface area (Å²) in [6, 6.07) is 17.0. The van der Waals surface area contributed by atoms with Crippen LogP contribution in [-0.2, 0) is 6.54 Å². The molecular formula is C15H13N3O. The van der Waals surface area contributed by atoms with E-state index in [9.17, 15) is 4.79 Å². The Hall–Kier alpha value is -2.62. The van der Waals surface area contributed by atoms with Gasteiger partial charge in [-0.25, -0.2) is 4.68 Å². The summed E-state index contributed by atoms with van der Waals surface area (Å²) in [6.07, 6.45) is 1.70. The lowest BCUT2D eigenvalue weighted by molar-refractivity contribution is 0.792. The zero-order valence-electron chi connectivity index (χ0n) is 10.3. The molecule has 1 aromatic carbocycles. The van der Waals surface area contributed by atoms with E-state index in [1.165, 1.54) is 10.7 Å². The molecule has 4 nitrogen and oxygen atoms in total. The molecular weight excluding hydrogens is 238 g/mol. The average Bonchev–Trinajstić information content (AvgIpc) is 2.46. The highest BCUT2D eigenvalue weighted by Crippen LogP contribution is 2.11. The van der Waals surface area contributed by atoms with Gasteiger partial charge < -0.3 is 5.43 Å². The first-order valence-electron chi connectivity index (χ1n) is 6.09. The quantitative estimate of drug-likeness (QED) is 0.775. The molecule has 2 heterocycles. The second-order valence-electron chi connectivity index (χ2n) is 4.24. The Bertz CT molecular complexity index is 764. The zero-order chi connectivity index (χ0) is 13.1. The van der Waals surface area contributed by atoms with Crippen molar-refractivity contribution in [2.24, 2.45) is 0 Å². The van der Waals surface area contributed by atoms with Crippen molar-refractivity contribution >= 4 is 10.9 Å². The molecule has 3 rings (SSSR count). The highest BCUT2D eigenvalue weighted by Gasteiger charge is 1.98. The van der Waals surface area contributed by atoms with Crippen LogP contribution in [0, 0.1) is 0 Å². The SMILES string of the molecule is O=c1ccccn1NCc1ccc2ccccc2n1. The van der Waals surface area contributed by atoms with E-state index in [2.05, 4.69) is 10.4 Å². The van der Waals surface area contributed by atoms with Gasteiger partial charge in [0.1, 0.15) is 0 Å². The van der Waals surface area contributed by atoms with Crippen LogP contribution in [0.5, 0.6) is 0 Å². The number of para-hydroxylation sites is 1. The Labute approximate surface area is 110 Å². The standard InChI is InChI=1S/C15H13N3O/c19-15-7-3-4-10-18(15)16-11-13-9-8-12-5-1-2-6-14(12)17-13/h1-10,16H,11H2. The molecule has 0 saturated carbocycles. The highest BCUT2D eigenvalue weighted by atomic mass is 16.1. The van der Waals surface area contributed by atoms with E-state index >= 15 is 0 Å². The molecule has 0 saturated heterocycles. The van der Waals surface area contributed by atoms with Crippen molar-refractivity contribution in [3.63, 3.8) is 0 Å². The normalized spacial score (nSPS) is 10.5. The minimum Gasteiger partial charge on any atom is -0.317 e. The first kappa shape index (κ1) is 11.5. The maximum Gasteiger partial charge on any atom is 0.268 e. The van der Waals surface area contributed by atoms with Crippen LogP contribution in [0.4, 0.5) is 0 Å². The lowest BCUT2D eigenvalue weighted by Gasteiger charge is -2.08. The van der Waals surface area contributed by atoms with Gasteiger partial charge in [-0.2, -0.15) is 0 Å². The maximum atomic E-state index is 11.5. The van der Waals surface area contributed by atoms with E-state index in [-0.39, 0.29) is 5.56 Å². The monoisotopic (exact) mass is 251 g/mol. The molecule has 3 aromatic rings. The summed E-state index contributed by atoms with van der Waals surface area (Å²) >= 11 is 0. The average molecular weight is 251 g/mol. The van der Waals surface area contributed by atoms with E-state index in [0.717, 1.165) is 16.6 Å². The van der Waals surface area contributed by atoms with Gasteiger partial charge in [0, 0.05) is 17.6 Å². The minimum atomic E-state index is -0.0803.